The average Bonchev–Trinajstić information content (AvgIpc) is 3.14. The highest BCUT2D eigenvalue weighted by Gasteiger charge is 2.19. The van der Waals surface area contributed by atoms with Crippen LogP contribution in [-0.2, 0) is 28.6 Å². The summed E-state index contributed by atoms with van der Waals surface area (Å²) < 4.78 is 16.6. The third-order valence-corrected chi connectivity index (χ3v) is 9.69. The molecule has 0 aliphatic carbocycles. The van der Waals surface area contributed by atoms with Gasteiger partial charge in [-0.1, -0.05) is 193 Å². The van der Waals surface area contributed by atoms with Crippen LogP contribution in [0.25, 0.3) is 0 Å². The monoisotopic (exact) mass is 733 g/mol. The molecule has 0 N–H and O–H groups in total. The summed E-state index contributed by atoms with van der Waals surface area (Å²) in [4.78, 5) is 37.6. The maximum absolute atomic E-state index is 12.7. The van der Waals surface area contributed by atoms with Crippen LogP contribution >= 0.6 is 0 Å². The zero-order valence-corrected chi connectivity index (χ0v) is 34.6. The number of hydrogen-bond donors (Lipinski definition) is 0. The predicted octanol–water partition coefficient (Wildman–Crippen LogP) is 14.0. The van der Waals surface area contributed by atoms with Crippen molar-refractivity contribution in [3.8, 4) is 0 Å². The fourth-order valence-electron chi connectivity index (χ4n) is 6.30. The number of ether oxygens (including phenoxy) is 3. The molecular formula is C46H84O6. The molecule has 0 aliphatic rings. The fraction of sp³-hybridized carbons (Fsp3) is 0.848. The Morgan fingerprint density at radius 3 is 1.13 bits per heavy atom. The smallest absolute Gasteiger partial charge is 0.306 e. The first-order valence-corrected chi connectivity index (χ1v) is 22.3. The molecule has 6 heteroatoms. The van der Waals surface area contributed by atoms with Gasteiger partial charge in [0, 0.05) is 19.3 Å². The van der Waals surface area contributed by atoms with E-state index in [-0.39, 0.29) is 31.1 Å². The molecule has 0 bridgehead atoms. The van der Waals surface area contributed by atoms with Crippen molar-refractivity contribution >= 4 is 17.9 Å². The number of hydrogen-bond acceptors (Lipinski definition) is 6. The molecule has 0 fully saturated rings. The van der Waals surface area contributed by atoms with Gasteiger partial charge in [-0.3, -0.25) is 14.4 Å². The third-order valence-electron chi connectivity index (χ3n) is 9.69. The molecule has 6 nitrogen and oxygen atoms in total. The molecule has 1 atom stereocenters. The molecule has 0 rings (SSSR count). The first-order valence-electron chi connectivity index (χ1n) is 22.3. The molecule has 0 saturated heterocycles. The zero-order valence-electron chi connectivity index (χ0n) is 34.6. The van der Waals surface area contributed by atoms with Crippen molar-refractivity contribution in [2.75, 3.05) is 13.2 Å². The Bertz CT molecular complexity index is 850. The van der Waals surface area contributed by atoms with Crippen LogP contribution in [0.4, 0.5) is 0 Å². The molecular weight excluding hydrogens is 648 g/mol. The van der Waals surface area contributed by atoms with E-state index in [2.05, 4.69) is 45.1 Å². The number of rotatable bonds is 40. The summed E-state index contributed by atoms with van der Waals surface area (Å²) >= 11 is 0. The summed E-state index contributed by atoms with van der Waals surface area (Å²) in [7, 11) is 0. The summed E-state index contributed by atoms with van der Waals surface area (Å²) in [6, 6.07) is 0. The van der Waals surface area contributed by atoms with Gasteiger partial charge in [0.15, 0.2) is 6.10 Å². The quantitative estimate of drug-likeness (QED) is 0.0270. The molecule has 1 unspecified atom stereocenters. The highest BCUT2D eigenvalue weighted by Crippen LogP contribution is 2.15. The molecule has 0 heterocycles. The zero-order chi connectivity index (χ0) is 38.0. The van der Waals surface area contributed by atoms with Crippen LogP contribution in [0.1, 0.15) is 233 Å². The molecule has 304 valence electrons. The van der Waals surface area contributed by atoms with Gasteiger partial charge in [0.2, 0.25) is 0 Å². The summed E-state index contributed by atoms with van der Waals surface area (Å²) in [5, 5.41) is 0. The van der Waals surface area contributed by atoms with Crippen LogP contribution in [0.15, 0.2) is 24.3 Å². The fourth-order valence-corrected chi connectivity index (χ4v) is 6.30. The highest BCUT2D eigenvalue weighted by atomic mass is 16.6. The maximum atomic E-state index is 12.7. The second-order valence-electron chi connectivity index (χ2n) is 15.0. The van der Waals surface area contributed by atoms with Crippen molar-refractivity contribution in [3.05, 3.63) is 24.3 Å². The third kappa shape index (κ3) is 39.1. The van der Waals surface area contributed by atoms with Crippen molar-refractivity contribution in [1.82, 2.24) is 0 Å². The Morgan fingerprint density at radius 1 is 0.385 bits per heavy atom. The van der Waals surface area contributed by atoms with E-state index >= 15 is 0 Å². The number of carbonyl (C=O) groups excluding carboxylic acids is 3. The largest absolute Gasteiger partial charge is 0.462 e. The van der Waals surface area contributed by atoms with E-state index in [0.29, 0.717) is 19.3 Å². The van der Waals surface area contributed by atoms with E-state index in [1.165, 1.54) is 103 Å². The van der Waals surface area contributed by atoms with Gasteiger partial charge in [-0.15, -0.1) is 0 Å². The van der Waals surface area contributed by atoms with E-state index in [1.54, 1.807) is 0 Å². The Morgan fingerprint density at radius 2 is 0.731 bits per heavy atom. The van der Waals surface area contributed by atoms with Gasteiger partial charge in [-0.05, 0) is 44.9 Å². The lowest BCUT2D eigenvalue weighted by atomic mass is 10.0. The van der Waals surface area contributed by atoms with E-state index in [4.69, 9.17) is 14.2 Å². The summed E-state index contributed by atoms with van der Waals surface area (Å²) in [6.07, 6.45) is 44.5. The molecule has 0 saturated carbocycles. The Labute approximate surface area is 322 Å². The summed E-state index contributed by atoms with van der Waals surface area (Å²) in [5.74, 6) is -0.890. The highest BCUT2D eigenvalue weighted by molar-refractivity contribution is 5.71. The van der Waals surface area contributed by atoms with Crippen molar-refractivity contribution in [2.45, 2.75) is 239 Å². The van der Waals surface area contributed by atoms with Crippen LogP contribution in [-0.4, -0.2) is 37.2 Å². The topological polar surface area (TPSA) is 78.9 Å². The van der Waals surface area contributed by atoms with Crippen molar-refractivity contribution in [3.63, 3.8) is 0 Å². The Kier molecular flexibility index (Phi) is 40.0. The van der Waals surface area contributed by atoms with E-state index in [9.17, 15) is 14.4 Å². The summed E-state index contributed by atoms with van der Waals surface area (Å²) in [6.45, 7) is 6.52. The molecule has 0 aromatic heterocycles. The van der Waals surface area contributed by atoms with Crippen LogP contribution in [0.5, 0.6) is 0 Å². The van der Waals surface area contributed by atoms with E-state index < -0.39 is 6.10 Å². The van der Waals surface area contributed by atoms with Crippen molar-refractivity contribution in [2.24, 2.45) is 0 Å². The van der Waals surface area contributed by atoms with Crippen LogP contribution < -0.4 is 0 Å². The van der Waals surface area contributed by atoms with E-state index in [1.807, 2.05) is 0 Å². The maximum Gasteiger partial charge on any atom is 0.306 e. The molecule has 0 aromatic rings. The lowest BCUT2D eigenvalue weighted by Gasteiger charge is -2.18. The van der Waals surface area contributed by atoms with Crippen LogP contribution in [0, 0.1) is 0 Å². The summed E-state index contributed by atoms with van der Waals surface area (Å²) in [5.41, 5.74) is 0. The number of carbonyl (C=O) groups is 3. The molecule has 0 radical (unpaired) electrons. The minimum Gasteiger partial charge on any atom is -0.462 e. The average molecular weight is 733 g/mol. The van der Waals surface area contributed by atoms with Crippen molar-refractivity contribution < 1.29 is 28.6 Å². The number of esters is 3. The first kappa shape index (κ1) is 49.9. The molecule has 0 aliphatic heterocycles. The Hall–Kier alpha value is -2.11. The van der Waals surface area contributed by atoms with E-state index in [0.717, 1.165) is 89.9 Å². The molecule has 0 spiro atoms. The number of unbranched alkanes of at least 4 members (excludes halogenated alkanes) is 25. The second kappa shape index (κ2) is 41.6. The lowest BCUT2D eigenvalue weighted by molar-refractivity contribution is -0.167. The number of allylic oxidation sites excluding steroid dienone is 4. The normalized spacial score (nSPS) is 12.1. The van der Waals surface area contributed by atoms with Crippen LogP contribution in [0.2, 0.25) is 0 Å². The molecule has 0 amide bonds. The van der Waals surface area contributed by atoms with Gasteiger partial charge in [0.05, 0.1) is 0 Å². The van der Waals surface area contributed by atoms with Gasteiger partial charge in [0.1, 0.15) is 13.2 Å². The van der Waals surface area contributed by atoms with Gasteiger partial charge in [-0.25, -0.2) is 0 Å². The van der Waals surface area contributed by atoms with Gasteiger partial charge < -0.3 is 14.2 Å². The predicted molar refractivity (Wildman–Crippen MR) is 219 cm³/mol. The van der Waals surface area contributed by atoms with Gasteiger partial charge in [0.25, 0.3) is 0 Å². The minimum atomic E-state index is -0.769. The Balaban J connectivity index is 4.31. The van der Waals surface area contributed by atoms with Gasteiger partial charge in [-0.2, -0.15) is 0 Å². The second-order valence-corrected chi connectivity index (χ2v) is 15.0. The molecule has 52 heavy (non-hydrogen) atoms. The standard InChI is InChI=1S/C46H84O6/c1-4-7-10-13-16-18-20-22-24-25-27-30-33-36-39-45(48)51-42-43(41-50-44(47)38-35-32-29-15-12-9-6-3)52-46(49)40-37-34-31-28-26-23-21-19-17-14-11-8-5-2/h11,14,19,21,43H,4-10,12-13,15-18,20,22-42H2,1-3H3/b14-11-,21-19-. The minimum absolute atomic E-state index is 0.0736. The SMILES string of the molecule is CCC/C=C\C/C=C\CCCCCCCC(=O)OC(COC(=O)CCCCCCCCC)COC(=O)CCCCCCCCCCCCCCCC. The van der Waals surface area contributed by atoms with Gasteiger partial charge >= 0.3 is 17.9 Å². The first-order chi connectivity index (χ1) is 25.5. The van der Waals surface area contributed by atoms with Crippen molar-refractivity contribution in [1.29, 1.82) is 0 Å². The molecule has 0 aromatic carbocycles. The lowest BCUT2D eigenvalue weighted by Crippen LogP contribution is -2.30. The van der Waals surface area contributed by atoms with Crippen LogP contribution in [0.3, 0.4) is 0 Å².